The Kier molecular flexibility index (Phi) is 5.57. The van der Waals surface area contributed by atoms with Crippen molar-refractivity contribution in [3.8, 4) is 5.69 Å². The number of hydrogen-bond donors (Lipinski definition) is 1. The molecule has 1 atom stereocenters. The molecule has 4 aromatic rings. The van der Waals surface area contributed by atoms with E-state index in [1.54, 1.807) is 39.7 Å². The van der Waals surface area contributed by atoms with Crippen LogP contribution in [0.3, 0.4) is 0 Å². The molecule has 0 saturated heterocycles. The van der Waals surface area contributed by atoms with E-state index in [9.17, 15) is 14.4 Å². The van der Waals surface area contributed by atoms with Crippen LogP contribution in [0.5, 0.6) is 0 Å². The minimum Gasteiger partial charge on any atom is -0.326 e. The lowest BCUT2D eigenvalue weighted by Gasteiger charge is -2.14. The number of benzene rings is 2. The normalized spacial score (nSPS) is 14.9. The van der Waals surface area contributed by atoms with E-state index in [1.807, 2.05) is 32.0 Å². The number of carbonyl (C=O) groups excluding carboxylic acids is 2. The molecule has 9 heteroatoms. The monoisotopic (exact) mass is 473 g/mol. The highest BCUT2D eigenvalue weighted by Gasteiger charge is 2.29. The zero-order valence-corrected chi connectivity index (χ0v) is 19.8. The van der Waals surface area contributed by atoms with Crippen molar-refractivity contribution in [2.45, 2.75) is 38.4 Å². The fourth-order valence-electron chi connectivity index (χ4n) is 4.07. The minimum atomic E-state index is -0.314. The topological polar surface area (TPSA) is 98.9 Å². The van der Waals surface area contributed by atoms with Gasteiger partial charge in [0, 0.05) is 23.4 Å². The van der Waals surface area contributed by atoms with Crippen LogP contribution in [0.15, 0.2) is 58.6 Å². The fourth-order valence-corrected chi connectivity index (χ4v) is 5.20. The molecule has 34 heavy (non-hydrogen) atoms. The molecule has 0 saturated carbocycles. The quantitative estimate of drug-likeness (QED) is 0.346. The number of thioether (sulfide) groups is 1. The zero-order valence-electron chi connectivity index (χ0n) is 19.0. The van der Waals surface area contributed by atoms with Crippen molar-refractivity contribution in [1.29, 1.82) is 0 Å². The first-order valence-corrected chi connectivity index (χ1v) is 11.9. The lowest BCUT2D eigenvalue weighted by Crippen LogP contribution is -2.27. The summed E-state index contributed by atoms with van der Waals surface area (Å²) in [7, 11) is 0. The second-order valence-corrected chi connectivity index (χ2v) is 9.47. The van der Waals surface area contributed by atoms with Crippen molar-refractivity contribution >= 4 is 40.2 Å². The molecular weight excluding hydrogens is 450 g/mol. The number of aromatic nitrogens is 4. The predicted octanol–water partition coefficient (Wildman–Crippen LogP) is 4.08. The van der Waals surface area contributed by atoms with Crippen molar-refractivity contribution in [2.24, 2.45) is 0 Å². The third-order valence-electron chi connectivity index (χ3n) is 6.08. The zero-order chi connectivity index (χ0) is 24.0. The van der Waals surface area contributed by atoms with Gasteiger partial charge in [0.2, 0.25) is 5.91 Å². The van der Waals surface area contributed by atoms with Gasteiger partial charge < -0.3 is 5.32 Å². The average molecular weight is 474 g/mol. The first-order valence-electron chi connectivity index (χ1n) is 10.9. The summed E-state index contributed by atoms with van der Waals surface area (Å²) >= 11 is 1.46. The van der Waals surface area contributed by atoms with E-state index < -0.39 is 0 Å². The third-order valence-corrected chi connectivity index (χ3v) is 7.18. The third kappa shape index (κ3) is 3.92. The molecule has 1 amide bonds. The van der Waals surface area contributed by atoms with Crippen LogP contribution in [-0.2, 0) is 4.79 Å². The van der Waals surface area contributed by atoms with E-state index in [0.29, 0.717) is 33.2 Å². The van der Waals surface area contributed by atoms with Gasteiger partial charge in [0.1, 0.15) is 5.39 Å². The van der Waals surface area contributed by atoms with E-state index in [2.05, 4.69) is 10.4 Å². The lowest BCUT2D eigenvalue weighted by molar-refractivity contribution is -0.116. The molecule has 0 bridgehead atoms. The summed E-state index contributed by atoms with van der Waals surface area (Å²) < 4.78 is 3.29. The molecule has 3 heterocycles. The molecule has 0 fully saturated rings. The summed E-state index contributed by atoms with van der Waals surface area (Å²) in [6, 6.07) is 12.5. The molecular formula is C25H23N5O3S. The first kappa shape index (κ1) is 22.1. The number of anilines is 1. The van der Waals surface area contributed by atoms with E-state index in [0.717, 1.165) is 11.3 Å². The van der Waals surface area contributed by atoms with Gasteiger partial charge in [-0.3, -0.25) is 19.0 Å². The predicted molar refractivity (Wildman–Crippen MR) is 132 cm³/mol. The van der Waals surface area contributed by atoms with Crippen LogP contribution < -0.4 is 10.9 Å². The van der Waals surface area contributed by atoms with Gasteiger partial charge in [-0.05, 0) is 56.2 Å². The van der Waals surface area contributed by atoms with Gasteiger partial charge in [0.05, 0.1) is 17.9 Å². The van der Waals surface area contributed by atoms with Crippen LogP contribution in [0.25, 0.3) is 16.7 Å². The van der Waals surface area contributed by atoms with Crippen LogP contribution >= 0.6 is 11.8 Å². The van der Waals surface area contributed by atoms with E-state index in [1.165, 1.54) is 24.2 Å². The van der Waals surface area contributed by atoms with Gasteiger partial charge in [-0.1, -0.05) is 30.0 Å². The van der Waals surface area contributed by atoms with Crippen molar-refractivity contribution in [2.75, 3.05) is 11.1 Å². The molecule has 172 valence electrons. The smallest absolute Gasteiger partial charge is 0.265 e. The minimum absolute atomic E-state index is 0.0693. The number of ketones is 1. The maximum atomic E-state index is 13.3. The molecule has 1 aliphatic rings. The van der Waals surface area contributed by atoms with Gasteiger partial charge in [-0.25, -0.2) is 9.67 Å². The molecule has 1 unspecified atom stereocenters. The maximum Gasteiger partial charge on any atom is 0.265 e. The molecule has 1 aliphatic heterocycles. The summed E-state index contributed by atoms with van der Waals surface area (Å²) in [4.78, 5) is 42.4. The standard InChI is InChI=1S/C25H23N5O3S/c1-14-7-8-19(9-15(14)2)30-23-21(12-26-30)24(33)29-20(13-34-25(29)28-23)11-22(32)27-18-6-4-5-17(10-18)16(3)31/h4-10,12,20H,11,13H2,1-3H3,(H,27,32). The second kappa shape index (κ2) is 8.57. The van der Waals surface area contributed by atoms with Gasteiger partial charge in [-0.15, -0.1) is 0 Å². The molecule has 0 spiro atoms. The highest BCUT2D eigenvalue weighted by molar-refractivity contribution is 7.99. The Labute approximate surface area is 200 Å². The number of Topliss-reactive ketones (excluding diaryl/α,β-unsaturated/α-hetero) is 1. The molecule has 2 aromatic heterocycles. The summed E-state index contributed by atoms with van der Waals surface area (Å²) in [5, 5.41) is 8.26. The van der Waals surface area contributed by atoms with Gasteiger partial charge in [-0.2, -0.15) is 5.10 Å². The molecule has 0 aliphatic carbocycles. The largest absolute Gasteiger partial charge is 0.326 e. The number of rotatable bonds is 5. The number of nitrogens with zero attached hydrogens (tertiary/aromatic N) is 4. The number of hydrogen-bond acceptors (Lipinski definition) is 6. The van der Waals surface area contributed by atoms with Crippen LogP contribution in [0.2, 0.25) is 0 Å². The van der Waals surface area contributed by atoms with Gasteiger partial charge in [0.25, 0.3) is 5.56 Å². The molecule has 8 nitrogen and oxygen atoms in total. The average Bonchev–Trinajstić information content (AvgIpc) is 3.41. The second-order valence-electron chi connectivity index (χ2n) is 8.49. The Hall–Kier alpha value is -3.72. The SMILES string of the molecule is CC(=O)c1cccc(NC(=O)CC2CSc3nc4c(cnn4-c4ccc(C)c(C)c4)c(=O)n32)c1. The summed E-state index contributed by atoms with van der Waals surface area (Å²) in [5.41, 5.74) is 4.56. The molecule has 5 rings (SSSR count). The van der Waals surface area contributed by atoms with Crippen molar-refractivity contribution in [3.63, 3.8) is 0 Å². The Morgan fingerprint density at radius 1 is 1.15 bits per heavy atom. The Morgan fingerprint density at radius 3 is 2.74 bits per heavy atom. The van der Waals surface area contributed by atoms with Crippen LogP contribution in [0.4, 0.5) is 5.69 Å². The number of amides is 1. The van der Waals surface area contributed by atoms with Crippen molar-refractivity contribution in [1.82, 2.24) is 19.3 Å². The van der Waals surface area contributed by atoms with Crippen LogP contribution in [0, 0.1) is 13.8 Å². The van der Waals surface area contributed by atoms with Gasteiger partial charge >= 0.3 is 0 Å². The molecule has 0 radical (unpaired) electrons. The number of fused-ring (bicyclic) bond motifs is 2. The summed E-state index contributed by atoms with van der Waals surface area (Å²) in [6.45, 7) is 5.56. The summed E-state index contributed by atoms with van der Waals surface area (Å²) in [5.74, 6) is 0.282. The Bertz CT molecular complexity index is 1520. The van der Waals surface area contributed by atoms with Crippen molar-refractivity contribution in [3.05, 3.63) is 75.7 Å². The van der Waals surface area contributed by atoms with Crippen molar-refractivity contribution < 1.29 is 9.59 Å². The highest BCUT2D eigenvalue weighted by Crippen LogP contribution is 2.33. The number of nitrogens with one attached hydrogen (secondary N) is 1. The maximum absolute atomic E-state index is 13.3. The number of aryl methyl sites for hydroxylation is 2. The molecule has 2 aromatic carbocycles. The fraction of sp³-hybridized carbons (Fsp3) is 0.240. The van der Waals surface area contributed by atoms with Gasteiger partial charge in [0.15, 0.2) is 16.6 Å². The highest BCUT2D eigenvalue weighted by atomic mass is 32.2. The Morgan fingerprint density at radius 2 is 1.97 bits per heavy atom. The van der Waals surface area contributed by atoms with E-state index in [4.69, 9.17) is 4.98 Å². The first-order chi connectivity index (χ1) is 16.3. The Balaban J connectivity index is 1.42. The van der Waals surface area contributed by atoms with Crippen LogP contribution in [0.1, 0.15) is 40.9 Å². The number of carbonyl (C=O) groups is 2. The summed E-state index contributed by atoms with van der Waals surface area (Å²) in [6.07, 6.45) is 1.67. The van der Waals surface area contributed by atoms with E-state index >= 15 is 0 Å². The van der Waals surface area contributed by atoms with E-state index in [-0.39, 0.29) is 29.7 Å². The molecule has 1 N–H and O–H groups in total. The van der Waals surface area contributed by atoms with Crippen LogP contribution in [-0.4, -0.2) is 36.8 Å². The lowest BCUT2D eigenvalue weighted by atomic mass is 10.1.